The summed E-state index contributed by atoms with van der Waals surface area (Å²) in [6, 6.07) is 10.9. The Kier molecular flexibility index (Phi) is 5.89. The lowest BCUT2D eigenvalue weighted by Gasteiger charge is -2.16. The van der Waals surface area contributed by atoms with Crippen LogP contribution in [0.25, 0.3) is 0 Å². The lowest BCUT2D eigenvalue weighted by atomic mass is 9.98. The van der Waals surface area contributed by atoms with E-state index >= 15 is 0 Å². The van der Waals surface area contributed by atoms with Gasteiger partial charge in [0.2, 0.25) is 5.91 Å². The number of nitrogens with one attached hydrogen (secondary N) is 2. The van der Waals surface area contributed by atoms with E-state index in [1.165, 1.54) is 7.11 Å². The van der Waals surface area contributed by atoms with Crippen LogP contribution >= 0.6 is 0 Å². The number of benzene rings is 1. The number of methoxy groups -OCH3 is 1. The number of hydrogen-bond acceptors (Lipinski definition) is 4. The lowest BCUT2D eigenvalue weighted by Crippen LogP contribution is -2.37. The summed E-state index contributed by atoms with van der Waals surface area (Å²) in [5.41, 5.74) is 0.759. The molecule has 0 saturated heterocycles. The van der Waals surface area contributed by atoms with Gasteiger partial charge in [0.05, 0.1) is 19.1 Å². The van der Waals surface area contributed by atoms with Gasteiger partial charge in [-0.15, -0.1) is 0 Å². The molecule has 100 valence electrons. The van der Waals surface area contributed by atoms with Crippen LogP contribution in [0.1, 0.15) is 11.5 Å². The molecule has 19 heavy (non-hydrogen) atoms. The second-order valence-electron chi connectivity index (χ2n) is 3.71. The quantitative estimate of drug-likeness (QED) is 0.766. The Labute approximate surface area is 111 Å². The van der Waals surface area contributed by atoms with Crippen molar-refractivity contribution < 1.29 is 14.3 Å². The molecule has 1 aromatic rings. The van der Waals surface area contributed by atoms with E-state index in [4.69, 9.17) is 5.26 Å². The zero-order valence-corrected chi connectivity index (χ0v) is 10.6. The number of carbonyl (C=O) groups is 2. The number of alkyl carbamates (subject to hydrolysis) is 1. The highest BCUT2D eigenvalue weighted by Crippen LogP contribution is 2.14. The van der Waals surface area contributed by atoms with Gasteiger partial charge >= 0.3 is 6.09 Å². The smallest absolute Gasteiger partial charge is 0.406 e. The second-order valence-corrected chi connectivity index (χ2v) is 3.71. The molecule has 0 spiro atoms. The molecule has 6 nitrogen and oxygen atoms in total. The van der Waals surface area contributed by atoms with Gasteiger partial charge in [-0.1, -0.05) is 30.3 Å². The van der Waals surface area contributed by atoms with E-state index in [1.54, 1.807) is 24.3 Å². The van der Waals surface area contributed by atoms with Crippen molar-refractivity contribution in [3.05, 3.63) is 35.9 Å². The van der Waals surface area contributed by atoms with E-state index in [2.05, 4.69) is 15.4 Å². The maximum Gasteiger partial charge on any atom is 0.406 e. The van der Waals surface area contributed by atoms with Crippen LogP contribution in [-0.2, 0) is 9.53 Å². The molecule has 0 aliphatic carbocycles. The number of nitriles is 1. The molecule has 0 aliphatic rings. The first-order valence-corrected chi connectivity index (χ1v) is 5.70. The Balaban J connectivity index is 2.76. The molecule has 0 radical (unpaired) electrons. The van der Waals surface area contributed by atoms with E-state index in [0.717, 1.165) is 5.56 Å². The van der Waals surface area contributed by atoms with Crippen LogP contribution in [0.3, 0.4) is 0 Å². The van der Waals surface area contributed by atoms with Crippen LogP contribution in [0.2, 0.25) is 0 Å². The van der Waals surface area contributed by atoms with E-state index in [-0.39, 0.29) is 19.0 Å². The van der Waals surface area contributed by atoms with Crippen LogP contribution in [0.15, 0.2) is 30.3 Å². The van der Waals surface area contributed by atoms with Gasteiger partial charge in [-0.05, 0) is 5.56 Å². The maximum absolute atomic E-state index is 11.9. The van der Waals surface area contributed by atoms with Crippen molar-refractivity contribution in [3.63, 3.8) is 0 Å². The van der Waals surface area contributed by atoms with Crippen LogP contribution in [0, 0.1) is 11.3 Å². The Morgan fingerprint density at radius 2 is 2.00 bits per heavy atom. The standard InChI is InChI=1S/C13H15N3O3/c1-19-13(18)16-9-11(12(17)15-8-7-14)10-5-3-2-4-6-10/h2-6,11H,8-9H2,1H3,(H,15,17)(H,16,18). The summed E-state index contributed by atoms with van der Waals surface area (Å²) in [7, 11) is 1.25. The molecule has 0 aliphatic heterocycles. The summed E-state index contributed by atoms with van der Waals surface area (Å²) in [6.45, 7) is 0.0361. The van der Waals surface area contributed by atoms with Crippen LogP contribution in [-0.4, -0.2) is 32.2 Å². The molecular weight excluding hydrogens is 246 g/mol. The van der Waals surface area contributed by atoms with E-state index in [1.807, 2.05) is 12.1 Å². The SMILES string of the molecule is COC(=O)NCC(C(=O)NCC#N)c1ccccc1. The monoisotopic (exact) mass is 261 g/mol. The fourth-order valence-electron chi connectivity index (χ4n) is 1.55. The van der Waals surface area contributed by atoms with Gasteiger partial charge in [0, 0.05) is 6.54 Å². The third-order valence-corrected chi connectivity index (χ3v) is 2.50. The van der Waals surface area contributed by atoms with Crippen molar-refractivity contribution in [3.8, 4) is 6.07 Å². The zero-order chi connectivity index (χ0) is 14.1. The van der Waals surface area contributed by atoms with Crippen molar-refractivity contribution in [1.29, 1.82) is 5.26 Å². The van der Waals surface area contributed by atoms with E-state index in [0.29, 0.717) is 0 Å². The average Bonchev–Trinajstić information content (AvgIpc) is 2.46. The van der Waals surface area contributed by atoms with Crippen molar-refractivity contribution in [1.82, 2.24) is 10.6 Å². The normalized spacial score (nSPS) is 10.9. The van der Waals surface area contributed by atoms with Gasteiger partial charge in [-0.2, -0.15) is 5.26 Å². The fourth-order valence-corrected chi connectivity index (χ4v) is 1.55. The summed E-state index contributed by atoms with van der Waals surface area (Å²) < 4.78 is 4.46. The van der Waals surface area contributed by atoms with Crippen molar-refractivity contribution in [2.24, 2.45) is 0 Å². The molecule has 2 amide bonds. The van der Waals surface area contributed by atoms with Gasteiger partial charge in [0.15, 0.2) is 0 Å². The molecule has 2 N–H and O–H groups in total. The maximum atomic E-state index is 11.9. The topological polar surface area (TPSA) is 91.2 Å². The third-order valence-electron chi connectivity index (χ3n) is 2.50. The van der Waals surface area contributed by atoms with Crippen molar-refractivity contribution in [2.75, 3.05) is 20.2 Å². The molecule has 1 atom stereocenters. The Morgan fingerprint density at radius 1 is 1.32 bits per heavy atom. The van der Waals surface area contributed by atoms with Crippen LogP contribution in [0.4, 0.5) is 4.79 Å². The van der Waals surface area contributed by atoms with Gasteiger partial charge in [-0.25, -0.2) is 4.79 Å². The predicted octanol–water partition coefficient (Wildman–Crippen LogP) is 0.766. The Morgan fingerprint density at radius 3 is 2.58 bits per heavy atom. The highest BCUT2D eigenvalue weighted by atomic mass is 16.5. The second kappa shape index (κ2) is 7.71. The molecule has 0 aromatic heterocycles. The van der Waals surface area contributed by atoms with Gasteiger partial charge in [0.25, 0.3) is 0 Å². The molecular formula is C13H15N3O3. The summed E-state index contributed by atoms with van der Waals surface area (Å²) in [6.07, 6.45) is -0.603. The molecule has 6 heteroatoms. The van der Waals surface area contributed by atoms with Gasteiger partial charge in [-0.3, -0.25) is 4.79 Å². The molecule has 1 aromatic carbocycles. The van der Waals surface area contributed by atoms with E-state index in [9.17, 15) is 9.59 Å². The highest BCUT2D eigenvalue weighted by molar-refractivity contribution is 5.84. The van der Waals surface area contributed by atoms with Gasteiger partial charge < -0.3 is 15.4 Å². The Hall–Kier alpha value is -2.55. The highest BCUT2D eigenvalue weighted by Gasteiger charge is 2.20. The Bertz CT molecular complexity index is 468. The molecule has 0 heterocycles. The molecule has 1 unspecified atom stereocenters. The minimum absolute atomic E-state index is 0.0691. The summed E-state index contributed by atoms with van der Waals surface area (Å²) in [4.78, 5) is 23.0. The summed E-state index contributed by atoms with van der Waals surface area (Å²) in [5, 5.41) is 13.4. The number of carbonyl (C=O) groups excluding carboxylic acids is 2. The number of hydrogen-bond donors (Lipinski definition) is 2. The fraction of sp³-hybridized carbons (Fsp3) is 0.308. The minimum Gasteiger partial charge on any atom is -0.453 e. The van der Waals surface area contributed by atoms with Gasteiger partial charge in [0.1, 0.15) is 6.54 Å². The number of amides is 2. The average molecular weight is 261 g/mol. The first-order chi connectivity index (χ1) is 9.19. The van der Waals surface area contributed by atoms with Crippen LogP contribution in [0.5, 0.6) is 0 Å². The number of nitrogens with zero attached hydrogens (tertiary/aromatic N) is 1. The molecule has 0 fully saturated rings. The largest absolute Gasteiger partial charge is 0.453 e. The molecule has 1 rings (SSSR count). The van der Waals surface area contributed by atoms with Crippen molar-refractivity contribution >= 4 is 12.0 Å². The van der Waals surface area contributed by atoms with Crippen molar-refractivity contribution in [2.45, 2.75) is 5.92 Å². The first kappa shape index (κ1) is 14.5. The summed E-state index contributed by atoms with van der Waals surface area (Å²) in [5.74, 6) is -0.877. The lowest BCUT2D eigenvalue weighted by molar-refractivity contribution is -0.122. The van der Waals surface area contributed by atoms with Crippen LogP contribution < -0.4 is 10.6 Å². The molecule has 0 bridgehead atoms. The molecule has 0 saturated carbocycles. The third kappa shape index (κ3) is 4.68. The first-order valence-electron chi connectivity index (χ1n) is 5.70. The minimum atomic E-state index is -0.603. The summed E-state index contributed by atoms with van der Waals surface area (Å²) >= 11 is 0. The zero-order valence-electron chi connectivity index (χ0n) is 10.6. The number of rotatable bonds is 5. The predicted molar refractivity (Wildman–Crippen MR) is 68.2 cm³/mol. The number of ether oxygens (including phenoxy) is 1. The van der Waals surface area contributed by atoms with E-state index < -0.39 is 12.0 Å².